The molecule has 2 nitrogen and oxygen atoms in total. The summed E-state index contributed by atoms with van der Waals surface area (Å²) in [4.78, 5) is 2.71. The Morgan fingerprint density at radius 2 is 2.07 bits per heavy atom. The third-order valence-electron chi connectivity index (χ3n) is 4.68. The van der Waals surface area contributed by atoms with Crippen molar-refractivity contribution < 1.29 is 0 Å². The largest absolute Gasteiger partial charge is 0.311 e. The molecule has 2 atom stereocenters. The molecule has 15 heavy (non-hydrogen) atoms. The summed E-state index contributed by atoms with van der Waals surface area (Å²) >= 11 is 0. The van der Waals surface area contributed by atoms with Crippen LogP contribution in [-0.4, -0.2) is 37.1 Å². The second-order valence-corrected chi connectivity index (χ2v) is 6.55. The summed E-state index contributed by atoms with van der Waals surface area (Å²) in [6.45, 7) is 10.00. The molecule has 3 aliphatic rings. The third-order valence-corrected chi connectivity index (χ3v) is 4.68. The van der Waals surface area contributed by atoms with Crippen molar-refractivity contribution in [1.29, 1.82) is 0 Å². The molecule has 0 aromatic heterocycles. The lowest BCUT2D eigenvalue weighted by molar-refractivity contribution is 0.176. The van der Waals surface area contributed by atoms with Crippen molar-refractivity contribution in [2.24, 2.45) is 17.3 Å². The van der Waals surface area contributed by atoms with Crippen LogP contribution in [-0.2, 0) is 0 Å². The molecule has 1 saturated heterocycles. The molecule has 1 heterocycles. The summed E-state index contributed by atoms with van der Waals surface area (Å²) in [5.41, 5.74) is 0.653. The Hall–Kier alpha value is -0.0800. The zero-order chi connectivity index (χ0) is 10.5. The smallest absolute Gasteiger partial charge is 0.0223 e. The Morgan fingerprint density at radius 1 is 1.33 bits per heavy atom. The molecule has 0 aromatic rings. The lowest BCUT2D eigenvalue weighted by atomic mass is 10.1. The lowest BCUT2D eigenvalue weighted by Crippen LogP contribution is -2.52. The van der Waals surface area contributed by atoms with Gasteiger partial charge in [0.05, 0.1) is 0 Å². The molecule has 2 heteroatoms. The van der Waals surface area contributed by atoms with Gasteiger partial charge in [0.25, 0.3) is 0 Å². The van der Waals surface area contributed by atoms with E-state index in [1.807, 2.05) is 0 Å². The highest BCUT2D eigenvalue weighted by molar-refractivity contribution is 4.98. The van der Waals surface area contributed by atoms with Crippen LogP contribution in [0, 0.1) is 17.3 Å². The minimum absolute atomic E-state index is 0.653. The fourth-order valence-corrected chi connectivity index (χ4v) is 3.02. The summed E-state index contributed by atoms with van der Waals surface area (Å²) in [5, 5.41) is 3.68. The quantitative estimate of drug-likeness (QED) is 0.759. The predicted octanol–water partition coefficient (Wildman–Crippen LogP) is 1.72. The Labute approximate surface area is 93.4 Å². The van der Waals surface area contributed by atoms with Crippen LogP contribution >= 0.6 is 0 Å². The molecule has 0 amide bonds. The third kappa shape index (κ3) is 2.21. The minimum atomic E-state index is 0.653. The van der Waals surface area contributed by atoms with Crippen molar-refractivity contribution in [3.8, 4) is 0 Å². The van der Waals surface area contributed by atoms with Crippen LogP contribution in [0.1, 0.15) is 33.1 Å². The zero-order valence-electron chi connectivity index (χ0n) is 10.1. The van der Waals surface area contributed by atoms with E-state index in [9.17, 15) is 0 Å². The monoisotopic (exact) mass is 208 g/mol. The predicted molar refractivity (Wildman–Crippen MR) is 62.8 cm³/mol. The molecule has 86 valence electrons. The fourth-order valence-electron chi connectivity index (χ4n) is 3.02. The molecule has 2 aliphatic carbocycles. The molecule has 2 unspecified atom stereocenters. The molecule has 0 spiro atoms. The van der Waals surface area contributed by atoms with Crippen molar-refractivity contribution in [1.82, 2.24) is 10.2 Å². The van der Waals surface area contributed by atoms with Crippen LogP contribution in [0.3, 0.4) is 0 Å². The number of rotatable bonds is 3. The van der Waals surface area contributed by atoms with Gasteiger partial charge in [-0.25, -0.2) is 0 Å². The van der Waals surface area contributed by atoms with Crippen LogP contribution in [0.4, 0.5) is 0 Å². The number of piperazine rings is 1. The summed E-state index contributed by atoms with van der Waals surface area (Å²) in [7, 11) is 0. The maximum absolute atomic E-state index is 3.68. The molecule has 3 fully saturated rings. The minimum Gasteiger partial charge on any atom is -0.311 e. The van der Waals surface area contributed by atoms with Gasteiger partial charge in [0.15, 0.2) is 0 Å². The zero-order valence-corrected chi connectivity index (χ0v) is 10.1. The van der Waals surface area contributed by atoms with Gasteiger partial charge in [-0.3, -0.25) is 0 Å². The molecule has 0 aromatic carbocycles. The van der Waals surface area contributed by atoms with E-state index in [0.29, 0.717) is 5.41 Å². The lowest BCUT2D eigenvalue weighted by Gasteiger charge is -2.34. The fraction of sp³-hybridized carbons (Fsp3) is 1.00. The topological polar surface area (TPSA) is 15.3 Å². The normalized spacial score (nSPS) is 40.4. The Bertz CT molecular complexity index is 243. The first-order valence-corrected chi connectivity index (χ1v) is 6.61. The Kier molecular flexibility index (Phi) is 2.33. The second kappa shape index (κ2) is 3.46. The summed E-state index contributed by atoms with van der Waals surface area (Å²) in [6.07, 6.45) is 4.39. The van der Waals surface area contributed by atoms with Crippen molar-refractivity contribution in [2.45, 2.75) is 39.2 Å². The van der Waals surface area contributed by atoms with Crippen molar-refractivity contribution in [3.63, 3.8) is 0 Å². The number of nitrogens with one attached hydrogen (secondary N) is 1. The summed E-state index contributed by atoms with van der Waals surface area (Å²) < 4.78 is 0. The Balaban J connectivity index is 1.49. The van der Waals surface area contributed by atoms with Crippen molar-refractivity contribution in [3.05, 3.63) is 0 Å². The van der Waals surface area contributed by atoms with Gasteiger partial charge in [-0.15, -0.1) is 0 Å². The summed E-state index contributed by atoms with van der Waals surface area (Å²) in [5.74, 6) is 2.00. The molecule has 3 rings (SSSR count). The van der Waals surface area contributed by atoms with Gasteiger partial charge in [-0.05, 0) is 36.5 Å². The van der Waals surface area contributed by atoms with E-state index < -0.39 is 0 Å². The number of nitrogens with zero attached hydrogens (tertiary/aromatic N) is 1. The van der Waals surface area contributed by atoms with Gasteiger partial charge in [-0.1, -0.05) is 13.8 Å². The number of hydrogen-bond acceptors (Lipinski definition) is 2. The van der Waals surface area contributed by atoms with Crippen LogP contribution in [0.2, 0.25) is 0 Å². The molecule has 0 bridgehead atoms. The van der Waals surface area contributed by atoms with E-state index >= 15 is 0 Å². The maximum Gasteiger partial charge on any atom is 0.0223 e. The van der Waals surface area contributed by atoms with Gasteiger partial charge in [0.2, 0.25) is 0 Å². The average Bonchev–Trinajstić information content (AvgIpc) is 3.06. The highest BCUT2D eigenvalue weighted by Crippen LogP contribution is 2.51. The van der Waals surface area contributed by atoms with E-state index in [1.165, 1.54) is 45.4 Å². The molecule has 1 N–H and O–H groups in total. The average molecular weight is 208 g/mol. The first-order chi connectivity index (χ1) is 7.15. The van der Waals surface area contributed by atoms with Crippen LogP contribution < -0.4 is 5.32 Å². The van der Waals surface area contributed by atoms with Crippen LogP contribution in [0.5, 0.6) is 0 Å². The first-order valence-electron chi connectivity index (χ1n) is 6.61. The van der Waals surface area contributed by atoms with Crippen LogP contribution in [0.15, 0.2) is 0 Å². The standard InChI is InChI=1S/C13H24N2/c1-13(2)7-11(13)8-15-6-5-14-12(9-15)10-3-4-10/h10-12,14H,3-9H2,1-2H3. The summed E-state index contributed by atoms with van der Waals surface area (Å²) in [6, 6.07) is 0.820. The maximum atomic E-state index is 3.68. The first kappa shape index (κ1) is 10.1. The van der Waals surface area contributed by atoms with Gasteiger partial charge in [0.1, 0.15) is 0 Å². The van der Waals surface area contributed by atoms with Gasteiger partial charge in [0, 0.05) is 32.2 Å². The van der Waals surface area contributed by atoms with Crippen LogP contribution in [0.25, 0.3) is 0 Å². The van der Waals surface area contributed by atoms with Gasteiger partial charge in [-0.2, -0.15) is 0 Å². The van der Waals surface area contributed by atoms with Gasteiger partial charge >= 0.3 is 0 Å². The van der Waals surface area contributed by atoms with E-state index in [4.69, 9.17) is 0 Å². The SMILES string of the molecule is CC1(C)CC1CN1CCNC(C2CC2)C1. The molecular formula is C13H24N2. The van der Waals surface area contributed by atoms with Gasteiger partial charge < -0.3 is 10.2 Å². The van der Waals surface area contributed by atoms with E-state index in [2.05, 4.69) is 24.1 Å². The second-order valence-electron chi connectivity index (χ2n) is 6.55. The van der Waals surface area contributed by atoms with E-state index in [1.54, 1.807) is 0 Å². The van der Waals surface area contributed by atoms with Crippen molar-refractivity contribution in [2.75, 3.05) is 26.2 Å². The molecule has 1 aliphatic heterocycles. The highest BCUT2D eigenvalue weighted by Gasteiger charge is 2.46. The molecular weight excluding hydrogens is 184 g/mol. The highest BCUT2D eigenvalue weighted by atomic mass is 15.2. The van der Waals surface area contributed by atoms with E-state index in [0.717, 1.165) is 17.9 Å². The Morgan fingerprint density at radius 3 is 2.67 bits per heavy atom. The van der Waals surface area contributed by atoms with E-state index in [-0.39, 0.29) is 0 Å². The van der Waals surface area contributed by atoms with Crippen molar-refractivity contribution >= 4 is 0 Å². The molecule has 0 radical (unpaired) electrons. The molecule has 2 saturated carbocycles. The number of hydrogen-bond donors (Lipinski definition) is 1.